The van der Waals surface area contributed by atoms with Crippen molar-refractivity contribution in [3.8, 4) is 11.5 Å². The smallest absolute Gasteiger partial charge is 0.417 e. The molecule has 43 heavy (non-hydrogen) atoms. The molecule has 0 unspecified atom stereocenters. The molecule has 0 saturated heterocycles. The zero-order chi connectivity index (χ0) is 31.5. The second kappa shape index (κ2) is 10.4. The van der Waals surface area contributed by atoms with Gasteiger partial charge in [-0.3, -0.25) is 24.6 Å². The molecule has 0 spiro atoms. The monoisotopic (exact) mass is 592 g/mol. The molecule has 1 saturated carbocycles. The molecule has 1 fully saturated rings. The molecule has 0 aromatic heterocycles. The minimum absolute atomic E-state index is 0.0389. The Labute approximate surface area is 246 Å². The van der Waals surface area contributed by atoms with Crippen molar-refractivity contribution in [2.45, 2.75) is 24.5 Å². The molecule has 0 aliphatic heterocycles. The maximum absolute atomic E-state index is 14.1. The lowest BCUT2D eigenvalue weighted by molar-refractivity contribution is -0.153. The van der Waals surface area contributed by atoms with Crippen molar-refractivity contribution in [2.24, 2.45) is 17.6 Å². The number of carbonyl (C=O) groups is 4. The highest BCUT2D eigenvalue weighted by atomic mass is 16.6. The van der Waals surface area contributed by atoms with Gasteiger partial charge in [0.25, 0.3) is 5.91 Å². The third kappa shape index (κ3) is 4.48. The molecule has 2 aromatic carbocycles. The molecule has 4 atom stereocenters. The molecule has 0 bridgehead atoms. The van der Waals surface area contributed by atoms with Gasteiger partial charge in [0, 0.05) is 31.3 Å². The average molecular weight is 593 g/mol. The molecule has 13 heteroatoms. The number of aromatic hydroxyl groups is 1. The van der Waals surface area contributed by atoms with Crippen molar-refractivity contribution >= 4 is 40.7 Å². The van der Waals surface area contributed by atoms with Crippen LogP contribution in [0.25, 0.3) is 5.76 Å². The number of nitrogens with one attached hydrogen (secondary N) is 1. The van der Waals surface area contributed by atoms with Gasteiger partial charge in [0.1, 0.15) is 22.8 Å². The van der Waals surface area contributed by atoms with Crippen LogP contribution in [0.4, 0.5) is 16.2 Å². The van der Waals surface area contributed by atoms with Crippen LogP contribution in [-0.4, -0.2) is 88.7 Å². The number of hydrogen-bond donors (Lipinski definition) is 6. The summed E-state index contributed by atoms with van der Waals surface area (Å²) in [6.45, 7) is 0. The lowest BCUT2D eigenvalue weighted by Crippen LogP contribution is -2.65. The van der Waals surface area contributed by atoms with Crippen LogP contribution in [0.5, 0.6) is 11.5 Å². The van der Waals surface area contributed by atoms with Gasteiger partial charge < -0.3 is 35.8 Å². The zero-order valence-corrected chi connectivity index (χ0v) is 23.9. The Kier molecular flexibility index (Phi) is 7.19. The number of likely N-dealkylation sites (N-methyl/N-ethyl adjacent to an activating group) is 1. The van der Waals surface area contributed by atoms with E-state index in [9.17, 15) is 39.6 Å². The summed E-state index contributed by atoms with van der Waals surface area (Å²) in [5.74, 6) is -7.32. The number of anilines is 2. The van der Waals surface area contributed by atoms with Gasteiger partial charge in [-0.25, -0.2) is 4.79 Å². The Bertz CT molecular complexity index is 1630. The summed E-state index contributed by atoms with van der Waals surface area (Å²) in [5.41, 5.74) is 2.12. The molecule has 226 valence electrons. The number of nitrogens with two attached hydrogens (primary N) is 1. The number of aliphatic hydroxyl groups excluding tert-OH is 2. The molecular formula is C30H32N4O9. The molecule has 7 N–H and O–H groups in total. The van der Waals surface area contributed by atoms with Crippen LogP contribution in [0, 0.1) is 11.8 Å². The maximum Gasteiger partial charge on any atom is 0.417 e. The zero-order valence-electron chi connectivity index (χ0n) is 23.9. The third-order valence-corrected chi connectivity index (χ3v) is 8.37. The Hall–Kier alpha value is -4.88. The van der Waals surface area contributed by atoms with Gasteiger partial charge in [0.15, 0.2) is 17.1 Å². The van der Waals surface area contributed by atoms with Crippen molar-refractivity contribution in [3.05, 3.63) is 64.4 Å². The van der Waals surface area contributed by atoms with E-state index in [1.165, 1.54) is 25.1 Å². The van der Waals surface area contributed by atoms with Crippen LogP contribution in [0.2, 0.25) is 0 Å². The predicted octanol–water partition coefficient (Wildman–Crippen LogP) is 1.64. The van der Waals surface area contributed by atoms with Crippen molar-refractivity contribution in [1.82, 2.24) is 4.90 Å². The first-order valence-electron chi connectivity index (χ1n) is 13.4. The highest BCUT2D eigenvalue weighted by Crippen LogP contribution is 2.54. The molecule has 13 nitrogen and oxygen atoms in total. The van der Waals surface area contributed by atoms with E-state index < -0.39 is 69.9 Å². The Balaban J connectivity index is 1.65. The van der Waals surface area contributed by atoms with E-state index in [1.54, 1.807) is 49.3 Å². The number of aliphatic hydroxyl groups is 3. The number of rotatable bonds is 5. The van der Waals surface area contributed by atoms with Gasteiger partial charge in [0.05, 0.1) is 17.3 Å². The topological polar surface area (TPSA) is 203 Å². The summed E-state index contributed by atoms with van der Waals surface area (Å²) in [6, 6.07) is 8.54. The summed E-state index contributed by atoms with van der Waals surface area (Å²) < 4.78 is 5.26. The van der Waals surface area contributed by atoms with Gasteiger partial charge in [0.2, 0.25) is 5.78 Å². The fraction of sp³-hybridized carbons (Fsp3) is 0.333. The largest absolute Gasteiger partial charge is 0.508 e. The van der Waals surface area contributed by atoms with E-state index in [1.807, 2.05) is 0 Å². The first kappa shape index (κ1) is 29.6. The van der Waals surface area contributed by atoms with Gasteiger partial charge in [-0.1, -0.05) is 18.2 Å². The molecule has 0 heterocycles. The van der Waals surface area contributed by atoms with Crippen molar-refractivity contribution < 1.29 is 44.3 Å². The second-order valence-electron chi connectivity index (χ2n) is 11.3. The van der Waals surface area contributed by atoms with Crippen LogP contribution in [-0.2, 0) is 20.8 Å². The van der Waals surface area contributed by atoms with E-state index in [0.29, 0.717) is 11.3 Å². The Morgan fingerprint density at radius 3 is 2.30 bits per heavy atom. The fourth-order valence-corrected chi connectivity index (χ4v) is 6.52. The number of ketones is 2. The molecule has 2 aromatic rings. The van der Waals surface area contributed by atoms with Gasteiger partial charge in [-0.15, -0.1) is 0 Å². The number of Topliss-reactive ketones (excluding diaryl/α,β-unsaturated/α-hetero) is 2. The van der Waals surface area contributed by atoms with Crippen molar-refractivity contribution in [2.75, 3.05) is 38.4 Å². The van der Waals surface area contributed by atoms with E-state index in [4.69, 9.17) is 10.5 Å². The highest BCUT2D eigenvalue weighted by Gasteiger charge is 2.64. The van der Waals surface area contributed by atoms with Crippen LogP contribution in [0.1, 0.15) is 17.5 Å². The molecule has 3 aliphatic rings. The normalized spacial score (nSPS) is 24.7. The number of amides is 2. The number of phenols is 1. The SMILES string of the molecule is CN(C)c1cc(NC(=O)Oc2ccccc2)c(O)c2c1C[C@H]1C[C@H]3[C@H](N(C)C)C(=O)C(C(N)=O)=C(O)[C@@]3(O)C(=O)C1=C2O. The number of benzene rings is 2. The Morgan fingerprint density at radius 1 is 1.07 bits per heavy atom. The average Bonchev–Trinajstić information content (AvgIpc) is 2.92. The summed E-state index contributed by atoms with van der Waals surface area (Å²) in [5, 5.41) is 48.1. The first-order valence-corrected chi connectivity index (χ1v) is 13.4. The number of carbonyl (C=O) groups excluding carboxylic acids is 4. The maximum atomic E-state index is 14.1. The standard InChI is InChI=1S/C30H32N4O9/c1-33(2)18-12-17(32-29(41)43-14-8-6-5-7-9-14)23(35)20-15(18)10-13-11-16-22(34(3)4)25(37)21(28(31)40)27(39)30(16,42)26(38)19(13)24(20)36/h5-9,12-13,16,22,35-36,39,42H,10-11H2,1-4H3,(H2,31,40)(H,32,41)/t13-,16-,22-,30-/m0/s1. The molecule has 3 aliphatic carbocycles. The third-order valence-electron chi connectivity index (χ3n) is 8.37. The van der Waals surface area contributed by atoms with Crippen LogP contribution >= 0.6 is 0 Å². The fourth-order valence-electron chi connectivity index (χ4n) is 6.52. The summed E-state index contributed by atoms with van der Waals surface area (Å²) in [4.78, 5) is 55.3. The van der Waals surface area contributed by atoms with Crippen molar-refractivity contribution in [3.63, 3.8) is 0 Å². The summed E-state index contributed by atoms with van der Waals surface area (Å²) >= 11 is 0. The second-order valence-corrected chi connectivity index (χ2v) is 11.3. The molecule has 5 rings (SSSR count). The van der Waals surface area contributed by atoms with Gasteiger partial charge in [-0.2, -0.15) is 0 Å². The van der Waals surface area contributed by atoms with Gasteiger partial charge in [-0.05, 0) is 56.6 Å². The first-order chi connectivity index (χ1) is 20.2. The highest BCUT2D eigenvalue weighted by molar-refractivity contribution is 6.24. The predicted molar refractivity (Wildman–Crippen MR) is 155 cm³/mol. The minimum Gasteiger partial charge on any atom is -0.508 e. The molecule has 0 radical (unpaired) electrons. The number of primary amides is 1. The number of ether oxygens (including phenoxy) is 1. The summed E-state index contributed by atoms with van der Waals surface area (Å²) in [6.07, 6.45) is -0.860. The minimum atomic E-state index is -2.75. The summed E-state index contributed by atoms with van der Waals surface area (Å²) in [7, 11) is 6.51. The van der Waals surface area contributed by atoms with Crippen LogP contribution < -0.4 is 20.7 Å². The van der Waals surface area contributed by atoms with E-state index in [0.717, 1.165) is 0 Å². The molecule has 2 amide bonds. The number of nitrogens with zero attached hydrogens (tertiary/aromatic N) is 2. The Morgan fingerprint density at radius 2 is 1.72 bits per heavy atom. The van der Waals surface area contributed by atoms with E-state index >= 15 is 0 Å². The van der Waals surface area contributed by atoms with E-state index in [-0.39, 0.29) is 35.4 Å². The van der Waals surface area contributed by atoms with Crippen LogP contribution in [0.15, 0.2) is 53.3 Å². The quantitative estimate of drug-likeness (QED) is 0.218. The van der Waals surface area contributed by atoms with E-state index in [2.05, 4.69) is 5.32 Å². The number of phenolic OH excluding ortho intramolecular Hbond substituents is 1. The van der Waals surface area contributed by atoms with Crippen molar-refractivity contribution in [1.29, 1.82) is 0 Å². The van der Waals surface area contributed by atoms with Crippen LogP contribution in [0.3, 0.4) is 0 Å². The lowest BCUT2D eigenvalue weighted by Gasteiger charge is -2.50. The lowest BCUT2D eigenvalue weighted by atomic mass is 9.57. The number of fused-ring (bicyclic) bond motifs is 3. The number of hydrogen-bond acceptors (Lipinski definition) is 11. The molecular weight excluding hydrogens is 560 g/mol. The van der Waals surface area contributed by atoms with Gasteiger partial charge >= 0.3 is 6.09 Å². The number of para-hydroxylation sites is 1.